The molecule has 0 unspecified atom stereocenters. The summed E-state index contributed by atoms with van der Waals surface area (Å²) in [5.74, 6) is -1.62. The van der Waals surface area contributed by atoms with E-state index in [1.165, 1.54) is 35.6 Å². The highest BCUT2D eigenvalue weighted by Crippen LogP contribution is 2.31. The molecule has 0 bridgehead atoms. The normalized spacial score (nSPS) is 11.2. The van der Waals surface area contributed by atoms with Crippen molar-refractivity contribution in [3.63, 3.8) is 0 Å². The molecule has 0 fully saturated rings. The minimum atomic E-state index is -4.75. The Balaban J connectivity index is 1.48. The van der Waals surface area contributed by atoms with Crippen molar-refractivity contribution in [2.24, 2.45) is 0 Å². The number of benzene rings is 3. The van der Waals surface area contributed by atoms with Crippen molar-refractivity contribution >= 4 is 28.3 Å². The number of carbonyl (C=O) groups excluding carboxylic acids is 1. The maximum Gasteiger partial charge on any atom is 0.573 e. The highest BCUT2D eigenvalue weighted by Gasteiger charge is 2.31. The minimum Gasteiger partial charge on any atom is -0.481 e. The molecule has 1 heterocycles. The lowest BCUT2D eigenvalue weighted by atomic mass is 10.1. The van der Waals surface area contributed by atoms with E-state index in [4.69, 9.17) is 10.1 Å². The Morgan fingerprint density at radius 2 is 1.65 bits per heavy atom. The number of nitrogens with zero attached hydrogens (tertiary/aromatic N) is 2. The van der Waals surface area contributed by atoms with Gasteiger partial charge in [0.15, 0.2) is 5.13 Å². The van der Waals surface area contributed by atoms with Crippen LogP contribution in [0.25, 0.3) is 11.3 Å². The fourth-order valence-corrected chi connectivity index (χ4v) is 4.75. The summed E-state index contributed by atoms with van der Waals surface area (Å²) in [6.07, 6.45) is -4.14. The molecule has 3 aromatic carbocycles. The molecule has 0 aliphatic carbocycles. The Labute approximate surface area is 232 Å². The Morgan fingerprint density at radius 1 is 0.950 bits per heavy atom. The van der Waals surface area contributed by atoms with Gasteiger partial charge in [0.05, 0.1) is 12.1 Å². The molecule has 0 saturated carbocycles. The number of aromatic nitrogens is 1. The zero-order valence-electron chi connectivity index (χ0n) is 21.2. The van der Waals surface area contributed by atoms with Gasteiger partial charge in [-0.3, -0.25) is 9.59 Å². The summed E-state index contributed by atoms with van der Waals surface area (Å²) in [5.41, 5.74) is 3.84. The van der Waals surface area contributed by atoms with Gasteiger partial charge in [-0.05, 0) is 53.9 Å². The quantitative estimate of drug-likeness (QED) is 0.212. The fraction of sp³-hybridized carbons (Fsp3) is 0.207. The molecular formula is C29H26F3N3O4S. The van der Waals surface area contributed by atoms with Gasteiger partial charge < -0.3 is 20.1 Å². The summed E-state index contributed by atoms with van der Waals surface area (Å²) in [6, 6.07) is 22.7. The zero-order valence-corrected chi connectivity index (χ0v) is 22.0. The lowest BCUT2D eigenvalue weighted by molar-refractivity contribution is -0.274. The van der Waals surface area contributed by atoms with Crippen LogP contribution in [-0.2, 0) is 17.8 Å². The van der Waals surface area contributed by atoms with Gasteiger partial charge in [0.25, 0.3) is 5.91 Å². The number of nitrogens with one attached hydrogen (secondary N) is 1. The van der Waals surface area contributed by atoms with Crippen molar-refractivity contribution in [3.05, 3.63) is 101 Å². The summed E-state index contributed by atoms with van der Waals surface area (Å²) in [6.45, 7) is 1.22. The predicted molar refractivity (Wildman–Crippen MR) is 146 cm³/mol. The Bertz CT molecular complexity index is 1410. The summed E-state index contributed by atoms with van der Waals surface area (Å²) in [4.78, 5) is 29.8. The molecule has 0 spiro atoms. The average Bonchev–Trinajstić information content (AvgIpc) is 3.41. The van der Waals surface area contributed by atoms with Crippen LogP contribution in [0, 0.1) is 0 Å². The van der Waals surface area contributed by atoms with Gasteiger partial charge in [-0.1, -0.05) is 42.5 Å². The van der Waals surface area contributed by atoms with E-state index >= 15 is 0 Å². The van der Waals surface area contributed by atoms with E-state index in [0.29, 0.717) is 29.9 Å². The van der Waals surface area contributed by atoms with E-state index in [9.17, 15) is 22.8 Å². The molecule has 7 nitrogen and oxygen atoms in total. The summed E-state index contributed by atoms with van der Waals surface area (Å²) in [7, 11) is 0. The lowest BCUT2D eigenvalue weighted by Crippen LogP contribution is -2.26. The van der Waals surface area contributed by atoms with Gasteiger partial charge >= 0.3 is 12.3 Å². The van der Waals surface area contributed by atoms with Gasteiger partial charge in [0.2, 0.25) is 0 Å². The number of alkyl halides is 3. The Hall–Kier alpha value is -4.38. The van der Waals surface area contributed by atoms with Crippen LogP contribution in [0.5, 0.6) is 5.75 Å². The molecule has 0 aliphatic rings. The van der Waals surface area contributed by atoms with Crippen molar-refractivity contribution in [3.8, 4) is 17.0 Å². The molecule has 40 heavy (non-hydrogen) atoms. The number of ether oxygens (including phenoxy) is 1. The molecule has 0 atom stereocenters. The van der Waals surface area contributed by atoms with Crippen LogP contribution in [0.4, 0.5) is 18.3 Å². The van der Waals surface area contributed by atoms with Crippen molar-refractivity contribution in [1.29, 1.82) is 0 Å². The molecule has 11 heteroatoms. The zero-order chi connectivity index (χ0) is 28.5. The van der Waals surface area contributed by atoms with Crippen molar-refractivity contribution in [1.82, 2.24) is 10.3 Å². The number of aliphatic carboxylic acids is 1. The molecule has 4 rings (SSSR count). The molecule has 208 valence electrons. The second kappa shape index (κ2) is 13.1. The standard InChI is InChI=1S/C29H26F3N3O4S/c30-29(31,32)39-24-12-10-22(11-13-24)25-19-40-28(34-25)35(17-15-20-4-2-1-3-5-20)18-21-6-8-23(9-7-21)27(38)33-16-14-26(36)37/h1-13,19H,14-18H2,(H,33,38)(H,36,37). The first-order chi connectivity index (χ1) is 19.2. The van der Waals surface area contributed by atoms with E-state index < -0.39 is 12.3 Å². The number of halogens is 3. The molecule has 1 amide bonds. The third-order valence-corrected chi connectivity index (χ3v) is 6.77. The predicted octanol–water partition coefficient (Wildman–Crippen LogP) is 6.16. The van der Waals surface area contributed by atoms with Crippen LogP contribution in [0.15, 0.2) is 84.2 Å². The van der Waals surface area contributed by atoms with Crippen LogP contribution in [-0.4, -0.2) is 41.4 Å². The molecule has 0 saturated heterocycles. The van der Waals surface area contributed by atoms with Crippen LogP contribution >= 0.6 is 11.3 Å². The Morgan fingerprint density at radius 3 is 2.30 bits per heavy atom. The molecule has 0 radical (unpaired) electrons. The van der Waals surface area contributed by atoms with E-state index in [1.54, 1.807) is 12.1 Å². The first-order valence-corrected chi connectivity index (χ1v) is 13.2. The van der Waals surface area contributed by atoms with Crippen molar-refractivity contribution < 1.29 is 32.6 Å². The minimum absolute atomic E-state index is 0.0492. The second-order valence-corrected chi connectivity index (χ2v) is 9.68. The highest BCUT2D eigenvalue weighted by molar-refractivity contribution is 7.14. The summed E-state index contributed by atoms with van der Waals surface area (Å²) < 4.78 is 41.4. The number of thiazole rings is 1. The SMILES string of the molecule is O=C(O)CCNC(=O)c1ccc(CN(CCc2ccccc2)c2nc(-c3ccc(OC(F)(F)F)cc3)cs2)cc1. The first kappa shape index (κ1) is 28.6. The lowest BCUT2D eigenvalue weighted by Gasteiger charge is -2.22. The highest BCUT2D eigenvalue weighted by atomic mass is 32.1. The number of carboxylic acids is 1. The topological polar surface area (TPSA) is 91.8 Å². The van der Waals surface area contributed by atoms with Crippen molar-refractivity contribution in [2.45, 2.75) is 25.7 Å². The maximum absolute atomic E-state index is 12.5. The van der Waals surface area contributed by atoms with Gasteiger partial charge in [-0.15, -0.1) is 24.5 Å². The number of carboxylic acid groups (broad SMARTS) is 1. The maximum atomic E-state index is 12.5. The summed E-state index contributed by atoms with van der Waals surface area (Å²) in [5, 5.41) is 13.9. The van der Waals surface area contributed by atoms with Gasteiger partial charge in [-0.2, -0.15) is 0 Å². The summed E-state index contributed by atoms with van der Waals surface area (Å²) >= 11 is 1.43. The molecule has 2 N–H and O–H groups in total. The van der Waals surface area contributed by atoms with E-state index in [0.717, 1.165) is 22.7 Å². The third kappa shape index (κ3) is 8.57. The first-order valence-electron chi connectivity index (χ1n) is 12.4. The fourth-order valence-electron chi connectivity index (χ4n) is 3.89. The van der Waals surface area contributed by atoms with Crippen LogP contribution in [0.2, 0.25) is 0 Å². The van der Waals surface area contributed by atoms with E-state index in [1.807, 2.05) is 47.8 Å². The largest absolute Gasteiger partial charge is 0.573 e. The third-order valence-electron chi connectivity index (χ3n) is 5.87. The van der Waals surface area contributed by atoms with E-state index in [-0.39, 0.29) is 24.6 Å². The number of hydrogen-bond acceptors (Lipinski definition) is 6. The second-order valence-electron chi connectivity index (χ2n) is 8.84. The molecule has 0 aliphatic heterocycles. The number of amides is 1. The van der Waals surface area contributed by atoms with Gasteiger partial charge in [0, 0.05) is 36.1 Å². The molecule has 4 aromatic rings. The molecule has 1 aromatic heterocycles. The van der Waals surface area contributed by atoms with Crippen molar-refractivity contribution in [2.75, 3.05) is 18.0 Å². The Kier molecular flexibility index (Phi) is 9.39. The smallest absolute Gasteiger partial charge is 0.481 e. The number of rotatable bonds is 12. The van der Waals surface area contributed by atoms with E-state index in [2.05, 4.69) is 15.0 Å². The molecular weight excluding hydrogens is 543 g/mol. The number of anilines is 1. The van der Waals surface area contributed by atoms with Crippen LogP contribution in [0.1, 0.15) is 27.9 Å². The monoisotopic (exact) mass is 569 g/mol. The van der Waals surface area contributed by atoms with Gasteiger partial charge in [0.1, 0.15) is 5.75 Å². The van der Waals surface area contributed by atoms with Crippen LogP contribution < -0.4 is 15.0 Å². The number of carbonyl (C=O) groups is 2. The number of hydrogen-bond donors (Lipinski definition) is 2. The average molecular weight is 570 g/mol. The van der Waals surface area contributed by atoms with Gasteiger partial charge in [-0.25, -0.2) is 4.98 Å². The van der Waals surface area contributed by atoms with Crippen LogP contribution in [0.3, 0.4) is 0 Å².